The Morgan fingerprint density at radius 1 is 1.17 bits per heavy atom. The van der Waals surface area contributed by atoms with Crippen molar-refractivity contribution in [2.75, 3.05) is 0 Å². The largest absolute Gasteiger partial charge is 0.282 e. The summed E-state index contributed by atoms with van der Waals surface area (Å²) in [5, 5.41) is 4.10. The van der Waals surface area contributed by atoms with E-state index >= 15 is 0 Å². The van der Waals surface area contributed by atoms with Crippen LogP contribution < -0.4 is 5.56 Å². The second-order valence-electron chi connectivity index (χ2n) is 3.92. The van der Waals surface area contributed by atoms with Gasteiger partial charge in [-0.05, 0) is 50.3 Å². The van der Waals surface area contributed by atoms with E-state index in [-0.39, 0.29) is 5.56 Å². The standard InChI is InChI=1S/C13H12Br2N2O/c14-11-9-16-17(13(18)12(11)15)8-4-7-10-5-2-1-3-6-10/h1-3,5-6,9H,4,7-8H2. The van der Waals surface area contributed by atoms with Crippen LogP contribution in [0.25, 0.3) is 0 Å². The number of benzene rings is 1. The van der Waals surface area contributed by atoms with E-state index < -0.39 is 0 Å². The van der Waals surface area contributed by atoms with Crippen LogP contribution >= 0.6 is 31.9 Å². The monoisotopic (exact) mass is 370 g/mol. The molecule has 2 aromatic rings. The van der Waals surface area contributed by atoms with Gasteiger partial charge in [0.1, 0.15) is 4.47 Å². The van der Waals surface area contributed by atoms with Gasteiger partial charge < -0.3 is 0 Å². The summed E-state index contributed by atoms with van der Waals surface area (Å²) >= 11 is 6.51. The summed E-state index contributed by atoms with van der Waals surface area (Å²) < 4.78 is 2.70. The van der Waals surface area contributed by atoms with Gasteiger partial charge in [0.2, 0.25) is 0 Å². The third-order valence-electron chi connectivity index (χ3n) is 2.62. The highest BCUT2D eigenvalue weighted by molar-refractivity contribution is 9.13. The van der Waals surface area contributed by atoms with E-state index in [9.17, 15) is 4.79 Å². The molecule has 0 saturated carbocycles. The summed E-state index contributed by atoms with van der Waals surface area (Å²) in [6.45, 7) is 0.625. The minimum absolute atomic E-state index is 0.0996. The van der Waals surface area contributed by atoms with Crippen molar-refractivity contribution in [3.8, 4) is 0 Å². The first kappa shape index (κ1) is 13.5. The average molecular weight is 372 g/mol. The fourth-order valence-corrected chi connectivity index (χ4v) is 2.25. The minimum Gasteiger partial charge on any atom is -0.266 e. The highest BCUT2D eigenvalue weighted by atomic mass is 79.9. The third kappa shape index (κ3) is 3.29. The Labute approximate surface area is 122 Å². The van der Waals surface area contributed by atoms with Crippen LogP contribution in [0, 0.1) is 0 Å². The van der Waals surface area contributed by atoms with Crippen molar-refractivity contribution < 1.29 is 0 Å². The van der Waals surface area contributed by atoms with Crippen LogP contribution in [0.2, 0.25) is 0 Å². The number of aromatic nitrogens is 2. The van der Waals surface area contributed by atoms with Crippen LogP contribution in [0.15, 0.2) is 50.3 Å². The van der Waals surface area contributed by atoms with Gasteiger partial charge in [0.25, 0.3) is 5.56 Å². The first-order valence-electron chi connectivity index (χ1n) is 5.63. The molecule has 0 aliphatic heterocycles. The van der Waals surface area contributed by atoms with Crippen molar-refractivity contribution in [1.29, 1.82) is 0 Å². The molecule has 0 saturated heterocycles. The molecule has 0 bridgehead atoms. The Bertz CT molecular complexity index is 581. The van der Waals surface area contributed by atoms with Gasteiger partial charge in [0.05, 0.1) is 10.7 Å². The van der Waals surface area contributed by atoms with E-state index in [0.717, 1.165) is 12.8 Å². The van der Waals surface area contributed by atoms with Crippen molar-refractivity contribution >= 4 is 31.9 Å². The highest BCUT2D eigenvalue weighted by Gasteiger charge is 2.06. The number of nitrogens with zero attached hydrogens (tertiary/aromatic N) is 2. The van der Waals surface area contributed by atoms with E-state index in [2.05, 4.69) is 49.1 Å². The molecule has 0 N–H and O–H groups in total. The second-order valence-corrected chi connectivity index (χ2v) is 5.57. The molecule has 1 aromatic carbocycles. The fourth-order valence-electron chi connectivity index (χ4n) is 1.68. The van der Waals surface area contributed by atoms with Crippen LogP contribution in [-0.2, 0) is 13.0 Å². The molecular formula is C13H12Br2N2O. The van der Waals surface area contributed by atoms with Crippen LogP contribution in [-0.4, -0.2) is 9.78 Å². The Balaban J connectivity index is 1.99. The van der Waals surface area contributed by atoms with E-state index in [4.69, 9.17) is 0 Å². The molecule has 94 valence electrons. The zero-order valence-electron chi connectivity index (χ0n) is 9.64. The van der Waals surface area contributed by atoms with Crippen LogP contribution in [0.1, 0.15) is 12.0 Å². The lowest BCUT2D eigenvalue weighted by atomic mass is 10.1. The van der Waals surface area contributed by atoms with Gasteiger partial charge in [-0.15, -0.1) is 0 Å². The van der Waals surface area contributed by atoms with Gasteiger partial charge in [-0.3, -0.25) is 4.79 Å². The van der Waals surface area contributed by atoms with Crippen LogP contribution in [0.5, 0.6) is 0 Å². The number of rotatable bonds is 4. The molecule has 0 radical (unpaired) electrons. The summed E-state index contributed by atoms with van der Waals surface area (Å²) in [6, 6.07) is 10.2. The summed E-state index contributed by atoms with van der Waals surface area (Å²) in [4.78, 5) is 11.9. The predicted molar refractivity (Wildman–Crippen MR) is 78.7 cm³/mol. The molecule has 18 heavy (non-hydrogen) atoms. The Morgan fingerprint density at radius 2 is 1.89 bits per heavy atom. The lowest BCUT2D eigenvalue weighted by Gasteiger charge is -2.05. The number of hydrogen-bond donors (Lipinski definition) is 0. The third-order valence-corrected chi connectivity index (χ3v) is 4.52. The quantitative estimate of drug-likeness (QED) is 0.825. The van der Waals surface area contributed by atoms with E-state index in [1.54, 1.807) is 6.20 Å². The summed E-state index contributed by atoms with van der Waals surface area (Å²) in [6.07, 6.45) is 3.47. The smallest absolute Gasteiger partial charge is 0.266 e. The average Bonchev–Trinajstić information content (AvgIpc) is 2.40. The first-order chi connectivity index (χ1) is 8.68. The van der Waals surface area contributed by atoms with Gasteiger partial charge in [-0.1, -0.05) is 30.3 Å². The van der Waals surface area contributed by atoms with E-state index in [1.165, 1.54) is 10.2 Å². The SMILES string of the molecule is O=c1c(Br)c(Br)cnn1CCCc1ccccc1. The highest BCUT2D eigenvalue weighted by Crippen LogP contribution is 2.16. The number of aryl methyl sites for hydroxylation is 2. The van der Waals surface area contributed by atoms with Crippen molar-refractivity contribution in [2.45, 2.75) is 19.4 Å². The zero-order valence-corrected chi connectivity index (χ0v) is 12.8. The Hall–Kier alpha value is -0.940. The van der Waals surface area contributed by atoms with Gasteiger partial charge in [-0.2, -0.15) is 5.10 Å². The number of hydrogen-bond acceptors (Lipinski definition) is 2. The molecule has 0 fully saturated rings. The van der Waals surface area contributed by atoms with Crippen molar-refractivity contribution in [3.05, 3.63) is 61.4 Å². The minimum atomic E-state index is -0.0996. The summed E-state index contributed by atoms with van der Waals surface area (Å²) in [7, 11) is 0. The molecular weight excluding hydrogens is 360 g/mol. The molecule has 0 unspecified atom stereocenters. The maximum Gasteiger partial charge on any atom is 0.282 e. The summed E-state index contributed by atoms with van der Waals surface area (Å²) in [5.41, 5.74) is 1.18. The topological polar surface area (TPSA) is 34.9 Å². The molecule has 5 heteroatoms. The molecule has 1 aromatic heterocycles. The van der Waals surface area contributed by atoms with Gasteiger partial charge in [0, 0.05) is 6.54 Å². The number of halogens is 2. The van der Waals surface area contributed by atoms with Crippen LogP contribution in [0.3, 0.4) is 0 Å². The predicted octanol–water partition coefficient (Wildman–Crippen LogP) is 3.40. The van der Waals surface area contributed by atoms with Crippen molar-refractivity contribution in [1.82, 2.24) is 9.78 Å². The molecule has 3 nitrogen and oxygen atoms in total. The van der Waals surface area contributed by atoms with E-state index in [0.29, 0.717) is 15.5 Å². The molecule has 2 rings (SSSR count). The normalized spacial score (nSPS) is 10.6. The molecule has 0 aliphatic rings. The second kappa shape index (κ2) is 6.29. The molecule has 0 atom stereocenters. The molecule has 1 heterocycles. The maximum absolute atomic E-state index is 11.9. The lowest BCUT2D eigenvalue weighted by Crippen LogP contribution is -2.23. The fraction of sp³-hybridized carbons (Fsp3) is 0.231. The molecule has 0 aliphatic carbocycles. The summed E-state index contributed by atoms with van der Waals surface area (Å²) in [5.74, 6) is 0. The van der Waals surface area contributed by atoms with Gasteiger partial charge in [0.15, 0.2) is 0 Å². The first-order valence-corrected chi connectivity index (χ1v) is 7.22. The molecule has 0 spiro atoms. The lowest BCUT2D eigenvalue weighted by molar-refractivity contribution is 0.545. The van der Waals surface area contributed by atoms with Crippen molar-refractivity contribution in [3.63, 3.8) is 0 Å². The van der Waals surface area contributed by atoms with Gasteiger partial charge in [-0.25, -0.2) is 4.68 Å². The maximum atomic E-state index is 11.9. The van der Waals surface area contributed by atoms with Crippen molar-refractivity contribution in [2.24, 2.45) is 0 Å². The van der Waals surface area contributed by atoms with Crippen LogP contribution in [0.4, 0.5) is 0 Å². The van der Waals surface area contributed by atoms with Gasteiger partial charge >= 0.3 is 0 Å². The van der Waals surface area contributed by atoms with E-state index in [1.807, 2.05) is 18.2 Å². The Morgan fingerprint density at radius 3 is 2.61 bits per heavy atom. The molecule has 0 amide bonds. The zero-order chi connectivity index (χ0) is 13.0. The Kier molecular flexibility index (Phi) is 4.72.